The zero-order valence-electron chi connectivity index (χ0n) is 16.6. The number of carbonyl (C=O) groups is 1. The van der Waals surface area contributed by atoms with Crippen LogP contribution in [0.2, 0.25) is 0 Å². The Bertz CT molecular complexity index is 1160. The molecule has 1 amide bonds. The molecule has 0 spiro atoms. The highest BCUT2D eigenvalue weighted by molar-refractivity contribution is 5.93. The van der Waals surface area contributed by atoms with Gasteiger partial charge < -0.3 is 14.8 Å². The van der Waals surface area contributed by atoms with Gasteiger partial charge in [0.1, 0.15) is 11.2 Å². The Morgan fingerprint density at radius 1 is 1.10 bits per heavy atom. The molecular formula is C23H23N3O4. The molecule has 1 aliphatic heterocycles. The van der Waals surface area contributed by atoms with Crippen molar-refractivity contribution in [2.75, 3.05) is 13.3 Å². The van der Waals surface area contributed by atoms with Crippen molar-refractivity contribution >= 4 is 11.6 Å². The lowest BCUT2D eigenvalue weighted by Gasteiger charge is -2.38. The Labute approximate surface area is 173 Å². The van der Waals surface area contributed by atoms with Gasteiger partial charge in [-0.25, -0.2) is 4.98 Å². The summed E-state index contributed by atoms with van der Waals surface area (Å²) in [6, 6.07) is 11.3. The number of aromatic nitrogens is 2. The molecule has 2 aliphatic rings. The second kappa shape index (κ2) is 7.48. The number of fused-ring (bicyclic) bond motifs is 2. The second-order valence-corrected chi connectivity index (χ2v) is 8.00. The van der Waals surface area contributed by atoms with E-state index >= 15 is 0 Å². The van der Waals surface area contributed by atoms with Gasteiger partial charge in [-0.05, 0) is 42.7 Å². The predicted octanol–water partition coefficient (Wildman–Crippen LogP) is 3.06. The molecule has 7 nitrogen and oxygen atoms in total. The molecule has 0 bridgehead atoms. The first-order valence-corrected chi connectivity index (χ1v) is 10.3. The molecule has 2 aromatic heterocycles. The van der Waals surface area contributed by atoms with Gasteiger partial charge in [0, 0.05) is 24.4 Å². The summed E-state index contributed by atoms with van der Waals surface area (Å²) in [4.78, 5) is 29.9. The van der Waals surface area contributed by atoms with Gasteiger partial charge in [-0.15, -0.1) is 0 Å². The Morgan fingerprint density at radius 2 is 1.93 bits per heavy atom. The molecule has 1 aliphatic carbocycles. The molecular weight excluding hydrogens is 382 g/mol. The highest BCUT2D eigenvalue weighted by atomic mass is 16.7. The van der Waals surface area contributed by atoms with Gasteiger partial charge in [-0.1, -0.05) is 31.4 Å². The van der Waals surface area contributed by atoms with Gasteiger partial charge in [0.05, 0.1) is 0 Å². The lowest BCUT2D eigenvalue weighted by atomic mass is 9.69. The van der Waals surface area contributed by atoms with E-state index < -0.39 is 5.91 Å². The summed E-state index contributed by atoms with van der Waals surface area (Å²) in [6.07, 6.45) is 8.33. The molecule has 7 heteroatoms. The van der Waals surface area contributed by atoms with E-state index in [4.69, 9.17) is 9.47 Å². The summed E-state index contributed by atoms with van der Waals surface area (Å²) in [7, 11) is 0. The minimum atomic E-state index is -0.392. The van der Waals surface area contributed by atoms with Crippen molar-refractivity contribution in [2.24, 2.45) is 0 Å². The summed E-state index contributed by atoms with van der Waals surface area (Å²) in [6.45, 7) is 0.698. The molecule has 0 saturated heterocycles. The van der Waals surface area contributed by atoms with Crippen LogP contribution in [0.5, 0.6) is 11.5 Å². The van der Waals surface area contributed by atoms with Gasteiger partial charge in [0.15, 0.2) is 11.5 Å². The summed E-state index contributed by atoms with van der Waals surface area (Å²) in [5.41, 5.74) is 1.16. The Kier molecular flexibility index (Phi) is 4.65. The van der Waals surface area contributed by atoms with Crippen molar-refractivity contribution in [3.63, 3.8) is 0 Å². The fourth-order valence-corrected chi connectivity index (χ4v) is 4.55. The molecule has 5 rings (SSSR count). The van der Waals surface area contributed by atoms with Crippen LogP contribution in [0.15, 0.2) is 53.6 Å². The van der Waals surface area contributed by atoms with Gasteiger partial charge >= 0.3 is 0 Å². The number of ether oxygens (including phenoxy) is 2. The first kappa shape index (κ1) is 18.7. The fourth-order valence-electron chi connectivity index (χ4n) is 4.55. The van der Waals surface area contributed by atoms with Crippen LogP contribution < -0.4 is 20.3 Å². The molecule has 1 fully saturated rings. The minimum Gasteiger partial charge on any atom is -0.454 e. The van der Waals surface area contributed by atoms with Gasteiger partial charge in [0.2, 0.25) is 6.79 Å². The standard InChI is InChI=1S/C23H23N3O4/c27-21(17-13-24-20-6-2-5-11-26(20)22(17)28)25-14-23(9-3-1-4-10-23)16-7-8-18-19(12-16)30-15-29-18/h2,5-8,11-13H,1,3-4,9-10,14-15H2,(H,25,27). The molecule has 0 unspecified atom stereocenters. The normalized spacial score (nSPS) is 17.1. The number of hydrogen-bond acceptors (Lipinski definition) is 5. The summed E-state index contributed by atoms with van der Waals surface area (Å²) in [5, 5.41) is 3.02. The van der Waals surface area contributed by atoms with Crippen LogP contribution in [0.25, 0.3) is 5.65 Å². The maximum absolute atomic E-state index is 12.9. The predicted molar refractivity (Wildman–Crippen MR) is 111 cm³/mol. The molecule has 30 heavy (non-hydrogen) atoms. The fraction of sp³-hybridized carbons (Fsp3) is 0.348. The molecule has 3 aromatic rings. The maximum atomic E-state index is 12.9. The molecule has 1 saturated carbocycles. The van der Waals surface area contributed by atoms with Crippen molar-refractivity contribution in [1.29, 1.82) is 0 Å². The highest BCUT2D eigenvalue weighted by Gasteiger charge is 2.35. The molecule has 3 heterocycles. The number of nitrogens with one attached hydrogen (secondary N) is 1. The molecule has 0 atom stereocenters. The summed E-state index contributed by atoms with van der Waals surface area (Å²) >= 11 is 0. The Morgan fingerprint density at radius 3 is 2.80 bits per heavy atom. The number of nitrogens with zero attached hydrogens (tertiary/aromatic N) is 2. The monoisotopic (exact) mass is 405 g/mol. The number of benzene rings is 1. The molecule has 1 aromatic carbocycles. The van der Waals surface area contributed by atoms with E-state index in [2.05, 4.69) is 16.4 Å². The summed E-state index contributed by atoms with van der Waals surface area (Å²) < 4.78 is 12.4. The van der Waals surface area contributed by atoms with Gasteiger partial charge in [0.25, 0.3) is 11.5 Å². The third-order valence-electron chi connectivity index (χ3n) is 6.24. The van der Waals surface area contributed by atoms with E-state index in [1.807, 2.05) is 12.1 Å². The van der Waals surface area contributed by atoms with E-state index in [1.165, 1.54) is 17.0 Å². The van der Waals surface area contributed by atoms with Crippen LogP contribution in [0.3, 0.4) is 0 Å². The third-order valence-corrected chi connectivity index (χ3v) is 6.24. The first-order valence-electron chi connectivity index (χ1n) is 10.3. The Balaban J connectivity index is 1.42. The van der Waals surface area contributed by atoms with Crippen molar-refractivity contribution in [1.82, 2.24) is 14.7 Å². The van der Waals surface area contributed by atoms with Gasteiger partial charge in [-0.3, -0.25) is 14.0 Å². The quantitative estimate of drug-likeness (QED) is 0.722. The zero-order chi connectivity index (χ0) is 20.6. The van der Waals surface area contributed by atoms with Crippen LogP contribution >= 0.6 is 0 Å². The van der Waals surface area contributed by atoms with Crippen LogP contribution in [0, 0.1) is 0 Å². The average Bonchev–Trinajstić information content (AvgIpc) is 3.27. The lowest BCUT2D eigenvalue weighted by molar-refractivity contribution is 0.0934. The average molecular weight is 405 g/mol. The van der Waals surface area contributed by atoms with Crippen molar-refractivity contribution in [2.45, 2.75) is 37.5 Å². The zero-order valence-corrected chi connectivity index (χ0v) is 16.6. The SMILES string of the molecule is O=C(NCC1(c2ccc3c(c2)OCO3)CCCCC1)c1cnc2ccccn2c1=O. The smallest absolute Gasteiger partial charge is 0.270 e. The molecule has 0 radical (unpaired) electrons. The van der Waals surface area contributed by atoms with Crippen LogP contribution in [0.4, 0.5) is 0 Å². The molecule has 154 valence electrons. The van der Waals surface area contributed by atoms with E-state index in [0.29, 0.717) is 12.2 Å². The van der Waals surface area contributed by atoms with Crippen LogP contribution in [-0.4, -0.2) is 28.6 Å². The van der Waals surface area contributed by atoms with Crippen LogP contribution in [0.1, 0.15) is 48.0 Å². The van der Waals surface area contributed by atoms with E-state index in [1.54, 1.807) is 24.4 Å². The van der Waals surface area contributed by atoms with E-state index in [9.17, 15) is 9.59 Å². The number of rotatable bonds is 4. The maximum Gasteiger partial charge on any atom is 0.270 e. The molecule has 1 N–H and O–H groups in total. The number of hydrogen-bond donors (Lipinski definition) is 1. The lowest BCUT2D eigenvalue weighted by Crippen LogP contribution is -2.43. The largest absolute Gasteiger partial charge is 0.454 e. The number of carbonyl (C=O) groups excluding carboxylic acids is 1. The minimum absolute atomic E-state index is 0.0512. The third kappa shape index (κ3) is 3.20. The number of pyridine rings is 1. The summed E-state index contributed by atoms with van der Waals surface area (Å²) in [5.74, 6) is 1.11. The number of amides is 1. The van der Waals surface area contributed by atoms with Gasteiger partial charge in [-0.2, -0.15) is 0 Å². The second-order valence-electron chi connectivity index (χ2n) is 8.00. The van der Waals surface area contributed by atoms with Crippen molar-refractivity contribution in [3.8, 4) is 11.5 Å². The first-order chi connectivity index (χ1) is 14.7. The Hall–Kier alpha value is -3.35. The van der Waals surface area contributed by atoms with Crippen molar-refractivity contribution < 1.29 is 14.3 Å². The van der Waals surface area contributed by atoms with E-state index in [0.717, 1.165) is 42.7 Å². The highest BCUT2D eigenvalue weighted by Crippen LogP contribution is 2.43. The topological polar surface area (TPSA) is 81.9 Å². The van der Waals surface area contributed by atoms with Crippen LogP contribution in [-0.2, 0) is 5.41 Å². The van der Waals surface area contributed by atoms with Crippen molar-refractivity contribution in [3.05, 3.63) is 70.3 Å². The van der Waals surface area contributed by atoms with E-state index in [-0.39, 0.29) is 23.3 Å².